The van der Waals surface area contributed by atoms with Gasteiger partial charge in [0.15, 0.2) is 0 Å². The van der Waals surface area contributed by atoms with E-state index < -0.39 is 0 Å². The average molecular weight is 281 g/mol. The minimum absolute atomic E-state index is 0.0936. The zero-order valence-corrected chi connectivity index (χ0v) is 12.0. The van der Waals surface area contributed by atoms with Crippen LogP contribution in [-0.4, -0.2) is 15.7 Å². The molecule has 0 saturated heterocycles. The van der Waals surface area contributed by atoms with Gasteiger partial charge in [-0.1, -0.05) is 43.2 Å². The Bertz CT molecular complexity index is 656. The van der Waals surface area contributed by atoms with Crippen LogP contribution < -0.4 is 5.32 Å². The van der Waals surface area contributed by atoms with Crippen molar-refractivity contribution in [1.82, 2.24) is 9.78 Å². The standard InChI is InChI=1S/C17H19N3O/c21-16-10-14(12-6-2-1-3-7-12)15-11-18-20(17(15)19-16)13-8-4-5-9-13/h1-3,6-7,11,13-14H,4-5,8-10H2,(H,19,21)/t14-/m0/s1. The number of anilines is 1. The lowest BCUT2D eigenvalue weighted by Gasteiger charge is -2.25. The van der Waals surface area contributed by atoms with Crippen LogP contribution in [0.25, 0.3) is 0 Å². The van der Waals surface area contributed by atoms with Crippen LogP contribution in [0.5, 0.6) is 0 Å². The van der Waals surface area contributed by atoms with Crippen molar-refractivity contribution >= 4 is 11.7 Å². The Labute approximate surface area is 124 Å². The number of nitrogens with zero attached hydrogens (tertiary/aromatic N) is 2. The molecule has 1 aliphatic carbocycles. The van der Waals surface area contributed by atoms with Crippen molar-refractivity contribution in [3.05, 3.63) is 47.7 Å². The molecule has 2 heterocycles. The fraction of sp³-hybridized carbons (Fsp3) is 0.412. The third-order valence-electron chi connectivity index (χ3n) is 4.72. The first-order valence-corrected chi connectivity index (χ1v) is 7.75. The molecule has 1 aromatic carbocycles. The molecule has 4 nitrogen and oxygen atoms in total. The molecule has 1 N–H and O–H groups in total. The zero-order chi connectivity index (χ0) is 14.2. The van der Waals surface area contributed by atoms with E-state index >= 15 is 0 Å². The van der Waals surface area contributed by atoms with Gasteiger partial charge in [0.05, 0.1) is 12.2 Å². The van der Waals surface area contributed by atoms with Crippen LogP contribution in [0.1, 0.15) is 55.2 Å². The van der Waals surface area contributed by atoms with Crippen molar-refractivity contribution < 1.29 is 4.79 Å². The molecule has 4 heteroatoms. The van der Waals surface area contributed by atoms with E-state index in [1.807, 2.05) is 24.4 Å². The molecule has 2 aliphatic rings. The van der Waals surface area contributed by atoms with Gasteiger partial charge >= 0.3 is 0 Å². The van der Waals surface area contributed by atoms with E-state index in [-0.39, 0.29) is 11.8 Å². The maximum atomic E-state index is 12.1. The molecule has 0 spiro atoms. The van der Waals surface area contributed by atoms with Gasteiger partial charge in [-0.15, -0.1) is 0 Å². The highest BCUT2D eigenvalue weighted by atomic mass is 16.1. The largest absolute Gasteiger partial charge is 0.311 e. The van der Waals surface area contributed by atoms with Crippen LogP contribution in [-0.2, 0) is 4.79 Å². The number of benzene rings is 1. The molecular weight excluding hydrogens is 262 g/mol. The predicted molar refractivity (Wildman–Crippen MR) is 81.3 cm³/mol. The lowest BCUT2D eigenvalue weighted by molar-refractivity contribution is -0.116. The number of fused-ring (bicyclic) bond motifs is 1. The number of rotatable bonds is 2. The first-order valence-electron chi connectivity index (χ1n) is 7.75. The number of carbonyl (C=O) groups is 1. The third-order valence-corrected chi connectivity index (χ3v) is 4.72. The molecule has 1 aromatic heterocycles. The maximum absolute atomic E-state index is 12.1. The third kappa shape index (κ3) is 2.15. The van der Waals surface area contributed by atoms with Crippen molar-refractivity contribution in [2.75, 3.05) is 5.32 Å². The summed E-state index contributed by atoms with van der Waals surface area (Å²) in [7, 11) is 0. The first-order chi connectivity index (χ1) is 10.3. The van der Waals surface area contributed by atoms with Crippen LogP contribution in [0.15, 0.2) is 36.5 Å². The molecule has 1 fully saturated rings. The summed E-state index contributed by atoms with van der Waals surface area (Å²) in [6.07, 6.45) is 7.31. The molecule has 1 atom stereocenters. The average Bonchev–Trinajstić information content (AvgIpc) is 3.15. The first kappa shape index (κ1) is 12.6. The van der Waals surface area contributed by atoms with E-state index in [1.165, 1.54) is 31.2 Å². The zero-order valence-electron chi connectivity index (χ0n) is 12.0. The molecule has 0 radical (unpaired) electrons. The summed E-state index contributed by atoms with van der Waals surface area (Å²) < 4.78 is 2.05. The highest BCUT2D eigenvalue weighted by Gasteiger charge is 2.32. The number of carbonyl (C=O) groups excluding carboxylic acids is 1. The highest BCUT2D eigenvalue weighted by Crippen LogP contribution is 2.40. The van der Waals surface area contributed by atoms with Gasteiger partial charge in [0.25, 0.3) is 0 Å². The van der Waals surface area contributed by atoms with E-state index in [1.54, 1.807) is 0 Å². The van der Waals surface area contributed by atoms with Gasteiger partial charge in [-0.05, 0) is 18.4 Å². The fourth-order valence-corrected chi connectivity index (χ4v) is 3.65. The highest BCUT2D eigenvalue weighted by molar-refractivity contribution is 5.94. The Balaban J connectivity index is 1.76. The van der Waals surface area contributed by atoms with Gasteiger partial charge in [-0.2, -0.15) is 5.10 Å². The lowest BCUT2D eigenvalue weighted by atomic mass is 9.87. The minimum Gasteiger partial charge on any atom is -0.311 e. The fourth-order valence-electron chi connectivity index (χ4n) is 3.65. The quantitative estimate of drug-likeness (QED) is 0.916. The van der Waals surface area contributed by atoms with Crippen LogP contribution in [0, 0.1) is 0 Å². The van der Waals surface area contributed by atoms with Gasteiger partial charge in [-0.25, -0.2) is 4.68 Å². The van der Waals surface area contributed by atoms with Gasteiger partial charge < -0.3 is 5.32 Å². The van der Waals surface area contributed by atoms with Gasteiger partial charge in [0, 0.05) is 17.9 Å². The summed E-state index contributed by atoms with van der Waals surface area (Å²) in [5.41, 5.74) is 2.35. The van der Waals surface area contributed by atoms with E-state index in [2.05, 4.69) is 27.2 Å². The minimum atomic E-state index is 0.0936. The van der Waals surface area contributed by atoms with E-state index in [0.29, 0.717) is 12.5 Å². The monoisotopic (exact) mass is 281 g/mol. The smallest absolute Gasteiger partial charge is 0.226 e. The Morgan fingerprint density at radius 1 is 1.14 bits per heavy atom. The number of nitrogens with one attached hydrogen (secondary N) is 1. The molecular formula is C17H19N3O. The molecule has 1 aliphatic heterocycles. The normalized spacial score (nSPS) is 22.1. The van der Waals surface area contributed by atoms with Crippen LogP contribution in [0.4, 0.5) is 5.82 Å². The molecule has 2 aromatic rings. The van der Waals surface area contributed by atoms with Crippen molar-refractivity contribution in [2.45, 2.75) is 44.1 Å². The van der Waals surface area contributed by atoms with E-state index in [0.717, 1.165) is 11.4 Å². The van der Waals surface area contributed by atoms with Crippen molar-refractivity contribution in [1.29, 1.82) is 0 Å². The summed E-state index contributed by atoms with van der Waals surface area (Å²) in [5, 5.41) is 7.64. The topological polar surface area (TPSA) is 46.9 Å². The maximum Gasteiger partial charge on any atom is 0.226 e. The molecule has 0 bridgehead atoms. The Morgan fingerprint density at radius 2 is 1.90 bits per heavy atom. The molecule has 4 rings (SSSR count). The SMILES string of the molecule is O=C1C[C@@H](c2ccccc2)c2cnn(C3CCCC3)c2N1. The number of hydrogen-bond donors (Lipinski definition) is 1. The van der Waals surface area contributed by atoms with Crippen molar-refractivity contribution in [2.24, 2.45) is 0 Å². The Morgan fingerprint density at radius 3 is 2.67 bits per heavy atom. The number of hydrogen-bond acceptors (Lipinski definition) is 2. The molecule has 1 amide bonds. The lowest BCUT2D eigenvalue weighted by Crippen LogP contribution is -2.25. The molecule has 0 unspecified atom stereocenters. The van der Waals surface area contributed by atoms with Crippen molar-refractivity contribution in [3.63, 3.8) is 0 Å². The van der Waals surface area contributed by atoms with Crippen molar-refractivity contribution in [3.8, 4) is 0 Å². The summed E-state index contributed by atoms with van der Waals surface area (Å²) in [4.78, 5) is 12.1. The Kier molecular flexibility index (Phi) is 3.02. The second kappa shape index (κ2) is 5.02. The van der Waals surface area contributed by atoms with E-state index in [9.17, 15) is 4.79 Å². The molecule has 1 saturated carbocycles. The van der Waals surface area contributed by atoms with Gasteiger partial charge in [0.2, 0.25) is 5.91 Å². The predicted octanol–water partition coefficient (Wildman–Crippen LogP) is 3.47. The van der Waals surface area contributed by atoms with Gasteiger partial charge in [-0.3, -0.25) is 4.79 Å². The summed E-state index contributed by atoms with van der Waals surface area (Å²) in [5.74, 6) is 1.15. The molecule has 21 heavy (non-hydrogen) atoms. The summed E-state index contributed by atoms with van der Waals surface area (Å²) in [6, 6.07) is 10.7. The van der Waals surface area contributed by atoms with Crippen LogP contribution >= 0.6 is 0 Å². The summed E-state index contributed by atoms with van der Waals surface area (Å²) >= 11 is 0. The Hall–Kier alpha value is -2.10. The number of aromatic nitrogens is 2. The summed E-state index contributed by atoms with van der Waals surface area (Å²) in [6.45, 7) is 0. The van der Waals surface area contributed by atoms with Gasteiger partial charge in [0.1, 0.15) is 5.82 Å². The van der Waals surface area contributed by atoms with Crippen LogP contribution in [0.2, 0.25) is 0 Å². The number of amides is 1. The molecule has 108 valence electrons. The van der Waals surface area contributed by atoms with Crippen LogP contribution in [0.3, 0.4) is 0 Å². The second-order valence-corrected chi connectivity index (χ2v) is 6.05. The second-order valence-electron chi connectivity index (χ2n) is 6.05. The van der Waals surface area contributed by atoms with E-state index in [4.69, 9.17) is 0 Å².